The summed E-state index contributed by atoms with van der Waals surface area (Å²) in [6.07, 6.45) is 0. The molecule has 0 saturated carbocycles. The van der Waals surface area contributed by atoms with Gasteiger partial charge in [0.15, 0.2) is 0 Å². The molecule has 0 spiro atoms. The van der Waals surface area contributed by atoms with Gasteiger partial charge in [-0.1, -0.05) is 11.5 Å². The molecule has 2 fully saturated rings. The standard InChI is InChI=1S/C10H18BNO2/c1-9(2)10(3,4)14-11(13-9)5-8-6-12-7-8/h5,12H,6-7H2,1-4H3. The molecule has 4 heteroatoms. The van der Waals surface area contributed by atoms with Crippen molar-refractivity contribution in [2.24, 2.45) is 0 Å². The Hall–Kier alpha value is -0.315. The topological polar surface area (TPSA) is 30.5 Å². The van der Waals surface area contributed by atoms with E-state index in [4.69, 9.17) is 9.31 Å². The Morgan fingerprint density at radius 1 is 1.14 bits per heavy atom. The minimum Gasteiger partial charge on any atom is -0.400 e. The third kappa shape index (κ3) is 1.62. The van der Waals surface area contributed by atoms with Gasteiger partial charge in [-0.2, -0.15) is 0 Å². The summed E-state index contributed by atoms with van der Waals surface area (Å²) in [5.74, 6) is 2.09. The molecule has 2 rings (SSSR count). The highest BCUT2D eigenvalue weighted by Gasteiger charge is 2.50. The lowest BCUT2D eigenvalue weighted by Crippen LogP contribution is -2.41. The summed E-state index contributed by atoms with van der Waals surface area (Å²) in [4.78, 5) is 0. The number of hydrogen-bond acceptors (Lipinski definition) is 3. The molecule has 2 saturated heterocycles. The molecule has 0 radical (unpaired) electrons. The van der Waals surface area contributed by atoms with Crippen molar-refractivity contribution < 1.29 is 9.31 Å². The molecule has 0 atom stereocenters. The summed E-state index contributed by atoms with van der Waals surface area (Å²) >= 11 is 0. The van der Waals surface area contributed by atoms with Crippen LogP contribution < -0.4 is 5.32 Å². The fraction of sp³-hybridized carbons (Fsp3) is 0.800. The molecular formula is C10H18BNO2. The van der Waals surface area contributed by atoms with Crippen LogP contribution in [0.25, 0.3) is 0 Å². The van der Waals surface area contributed by atoms with Gasteiger partial charge in [-0.25, -0.2) is 0 Å². The van der Waals surface area contributed by atoms with Gasteiger partial charge in [0, 0.05) is 13.1 Å². The smallest absolute Gasteiger partial charge is 0.400 e. The maximum atomic E-state index is 5.84. The van der Waals surface area contributed by atoms with Crippen molar-refractivity contribution in [1.29, 1.82) is 0 Å². The number of rotatable bonds is 1. The second-order valence-electron chi connectivity index (χ2n) is 5.05. The van der Waals surface area contributed by atoms with Crippen molar-refractivity contribution >= 4 is 7.12 Å². The summed E-state index contributed by atoms with van der Waals surface area (Å²) in [5, 5.41) is 3.20. The van der Waals surface area contributed by atoms with Crippen molar-refractivity contribution in [2.75, 3.05) is 13.1 Å². The lowest BCUT2D eigenvalue weighted by Gasteiger charge is -2.32. The van der Waals surface area contributed by atoms with Gasteiger partial charge in [0.05, 0.1) is 11.2 Å². The van der Waals surface area contributed by atoms with Gasteiger partial charge in [0.1, 0.15) is 0 Å². The molecule has 0 aromatic carbocycles. The van der Waals surface area contributed by atoms with E-state index in [9.17, 15) is 0 Å². The molecule has 0 amide bonds. The van der Waals surface area contributed by atoms with Crippen molar-refractivity contribution in [2.45, 2.75) is 38.9 Å². The van der Waals surface area contributed by atoms with Crippen molar-refractivity contribution in [3.8, 4) is 0 Å². The average molecular weight is 195 g/mol. The lowest BCUT2D eigenvalue weighted by molar-refractivity contribution is 0.00578. The predicted molar refractivity (Wildman–Crippen MR) is 57.0 cm³/mol. The predicted octanol–water partition coefficient (Wildman–Crippen LogP) is 1.15. The van der Waals surface area contributed by atoms with Gasteiger partial charge < -0.3 is 14.6 Å². The van der Waals surface area contributed by atoms with Crippen LogP contribution in [0.5, 0.6) is 0 Å². The minimum atomic E-state index is -0.216. The molecule has 2 aliphatic heterocycles. The highest BCUT2D eigenvalue weighted by Crippen LogP contribution is 2.37. The highest BCUT2D eigenvalue weighted by molar-refractivity contribution is 6.51. The van der Waals surface area contributed by atoms with Crippen LogP contribution in [0.15, 0.2) is 11.5 Å². The fourth-order valence-electron chi connectivity index (χ4n) is 1.54. The second-order valence-corrected chi connectivity index (χ2v) is 5.05. The maximum Gasteiger partial charge on any atom is 0.487 e. The van der Waals surface area contributed by atoms with Crippen LogP contribution in [-0.4, -0.2) is 31.4 Å². The van der Waals surface area contributed by atoms with Crippen LogP contribution in [0.4, 0.5) is 0 Å². The molecule has 2 aliphatic rings. The third-order valence-corrected chi connectivity index (χ3v) is 3.35. The normalized spacial score (nSPS) is 28.9. The molecule has 0 unspecified atom stereocenters. The summed E-state index contributed by atoms with van der Waals surface area (Å²) in [6, 6.07) is 0. The zero-order chi connectivity index (χ0) is 10.4. The van der Waals surface area contributed by atoms with E-state index in [1.807, 2.05) is 0 Å². The van der Waals surface area contributed by atoms with Gasteiger partial charge in [-0.05, 0) is 27.7 Å². The number of nitrogens with one attached hydrogen (secondary N) is 1. The Morgan fingerprint density at radius 3 is 2.00 bits per heavy atom. The summed E-state index contributed by atoms with van der Waals surface area (Å²) in [6.45, 7) is 10.2. The van der Waals surface area contributed by atoms with E-state index in [2.05, 4.69) is 39.0 Å². The van der Waals surface area contributed by atoms with Crippen LogP contribution in [0.3, 0.4) is 0 Å². The van der Waals surface area contributed by atoms with Crippen molar-refractivity contribution in [1.82, 2.24) is 5.32 Å². The zero-order valence-corrected chi connectivity index (χ0v) is 9.39. The first-order chi connectivity index (χ1) is 6.41. The summed E-state index contributed by atoms with van der Waals surface area (Å²) in [5.41, 5.74) is 0.946. The average Bonchev–Trinajstić information content (AvgIpc) is 2.13. The quantitative estimate of drug-likeness (QED) is 0.636. The van der Waals surface area contributed by atoms with Crippen molar-refractivity contribution in [3.05, 3.63) is 11.5 Å². The zero-order valence-electron chi connectivity index (χ0n) is 9.39. The Balaban J connectivity index is 2.06. The molecule has 0 aromatic heterocycles. The highest BCUT2D eigenvalue weighted by atomic mass is 16.7. The minimum absolute atomic E-state index is 0.169. The first-order valence-corrected chi connectivity index (χ1v) is 5.17. The first-order valence-electron chi connectivity index (χ1n) is 5.17. The number of hydrogen-bond donors (Lipinski definition) is 1. The molecule has 0 aliphatic carbocycles. The molecule has 3 nitrogen and oxygen atoms in total. The van der Waals surface area contributed by atoms with E-state index < -0.39 is 0 Å². The van der Waals surface area contributed by atoms with Crippen LogP contribution in [0.2, 0.25) is 0 Å². The van der Waals surface area contributed by atoms with Crippen LogP contribution in [0.1, 0.15) is 27.7 Å². The van der Waals surface area contributed by atoms with E-state index in [0.717, 1.165) is 13.1 Å². The largest absolute Gasteiger partial charge is 0.487 e. The van der Waals surface area contributed by atoms with Gasteiger partial charge in [0.2, 0.25) is 0 Å². The monoisotopic (exact) mass is 195 g/mol. The van der Waals surface area contributed by atoms with Gasteiger partial charge >= 0.3 is 7.12 Å². The van der Waals surface area contributed by atoms with E-state index in [-0.39, 0.29) is 18.3 Å². The summed E-state index contributed by atoms with van der Waals surface area (Å²) < 4.78 is 11.7. The van der Waals surface area contributed by atoms with Crippen LogP contribution in [0, 0.1) is 0 Å². The Morgan fingerprint density at radius 2 is 1.64 bits per heavy atom. The van der Waals surface area contributed by atoms with Crippen LogP contribution in [-0.2, 0) is 9.31 Å². The second kappa shape index (κ2) is 3.09. The van der Waals surface area contributed by atoms with Crippen molar-refractivity contribution in [3.63, 3.8) is 0 Å². The molecule has 78 valence electrons. The molecule has 2 heterocycles. The van der Waals surface area contributed by atoms with E-state index >= 15 is 0 Å². The van der Waals surface area contributed by atoms with Crippen LogP contribution >= 0.6 is 0 Å². The molecular weight excluding hydrogens is 177 g/mol. The molecule has 0 bridgehead atoms. The van der Waals surface area contributed by atoms with Gasteiger partial charge in [0.25, 0.3) is 0 Å². The van der Waals surface area contributed by atoms with E-state index in [0.29, 0.717) is 0 Å². The molecule has 1 N–H and O–H groups in total. The van der Waals surface area contributed by atoms with E-state index in [1.165, 1.54) is 5.57 Å². The van der Waals surface area contributed by atoms with E-state index in [1.54, 1.807) is 0 Å². The van der Waals surface area contributed by atoms with Gasteiger partial charge in [-0.3, -0.25) is 0 Å². The molecule has 0 aromatic rings. The molecule has 14 heavy (non-hydrogen) atoms. The maximum absolute atomic E-state index is 5.84. The lowest BCUT2D eigenvalue weighted by atomic mass is 9.85. The Labute approximate surface area is 86.0 Å². The third-order valence-electron chi connectivity index (χ3n) is 3.35. The first kappa shape index (κ1) is 10.2. The Kier molecular flexibility index (Phi) is 2.25. The fourth-order valence-corrected chi connectivity index (χ4v) is 1.54. The summed E-state index contributed by atoms with van der Waals surface area (Å²) in [7, 11) is -0.169. The van der Waals surface area contributed by atoms with Gasteiger partial charge in [-0.15, -0.1) is 0 Å². The Bertz CT molecular complexity index is 251. The SMILES string of the molecule is CC1(C)OB(C=C2CNC2)OC1(C)C.